The van der Waals surface area contributed by atoms with E-state index in [4.69, 9.17) is 0 Å². The fraction of sp³-hybridized carbons (Fsp3) is 0.625. The summed E-state index contributed by atoms with van der Waals surface area (Å²) in [5, 5.41) is 9.19. The lowest BCUT2D eigenvalue weighted by atomic mass is 10.3. The number of aliphatic hydroxyl groups is 1. The molecule has 86 valence electrons. The highest BCUT2D eigenvalue weighted by molar-refractivity contribution is 7.89. The summed E-state index contributed by atoms with van der Waals surface area (Å²) >= 11 is 0. The standard InChI is InChI=1S/C8H15N3O3S/c1-3-7(12)4-10-15(13,14)8-5-11(2)6-9-8/h5-7,10,12H,3-4H2,1-2H3. The van der Waals surface area contributed by atoms with Gasteiger partial charge in [-0.3, -0.25) is 0 Å². The van der Waals surface area contributed by atoms with Crippen LogP contribution in [0.3, 0.4) is 0 Å². The van der Waals surface area contributed by atoms with Crippen LogP contribution >= 0.6 is 0 Å². The Morgan fingerprint density at radius 1 is 1.67 bits per heavy atom. The number of aromatic nitrogens is 2. The molecule has 0 aliphatic heterocycles. The smallest absolute Gasteiger partial charge is 0.259 e. The third-order valence-corrected chi connectivity index (χ3v) is 3.24. The number of aryl methyl sites for hydroxylation is 1. The molecule has 1 aromatic rings. The van der Waals surface area contributed by atoms with Gasteiger partial charge in [0.2, 0.25) is 0 Å². The van der Waals surface area contributed by atoms with Gasteiger partial charge in [-0.1, -0.05) is 6.92 Å². The minimum atomic E-state index is -3.59. The second kappa shape index (κ2) is 4.73. The van der Waals surface area contributed by atoms with Gasteiger partial charge >= 0.3 is 0 Å². The van der Waals surface area contributed by atoms with Crippen molar-refractivity contribution in [1.82, 2.24) is 14.3 Å². The summed E-state index contributed by atoms with van der Waals surface area (Å²) < 4.78 is 27.0. The first-order chi connectivity index (χ1) is 6.95. The van der Waals surface area contributed by atoms with E-state index in [0.29, 0.717) is 6.42 Å². The van der Waals surface area contributed by atoms with Crippen molar-refractivity contribution in [2.45, 2.75) is 24.5 Å². The van der Waals surface area contributed by atoms with E-state index < -0.39 is 16.1 Å². The average molecular weight is 233 g/mol. The molecule has 0 fully saturated rings. The SMILES string of the molecule is CCC(O)CNS(=O)(=O)c1cn(C)cn1. The van der Waals surface area contributed by atoms with E-state index >= 15 is 0 Å². The van der Waals surface area contributed by atoms with Gasteiger partial charge in [0, 0.05) is 19.8 Å². The molecule has 0 saturated heterocycles. The van der Waals surface area contributed by atoms with Gasteiger partial charge in [0.05, 0.1) is 12.4 Å². The Morgan fingerprint density at radius 3 is 2.80 bits per heavy atom. The molecule has 7 heteroatoms. The van der Waals surface area contributed by atoms with Crippen LogP contribution < -0.4 is 4.72 Å². The van der Waals surface area contributed by atoms with Crippen molar-refractivity contribution in [3.05, 3.63) is 12.5 Å². The predicted molar refractivity (Wildman–Crippen MR) is 54.7 cm³/mol. The Labute approximate surface area is 89.0 Å². The molecule has 0 bridgehead atoms. The molecule has 0 aliphatic carbocycles. The van der Waals surface area contributed by atoms with Crippen molar-refractivity contribution in [3.8, 4) is 0 Å². The molecule has 0 amide bonds. The van der Waals surface area contributed by atoms with E-state index in [-0.39, 0.29) is 11.6 Å². The normalized spacial score (nSPS) is 14.1. The summed E-state index contributed by atoms with van der Waals surface area (Å²) in [5.74, 6) is 0. The highest BCUT2D eigenvalue weighted by atomic mass is 32.2. The number of hydrogen-bond acceptors (Lipinski definition) is 4. The van der Waals surface area contributed by atoms with Crippen LogP contribution in [-0.2, 0) is 17.1 Å². The van der Waals surface area contributed by atoms with Crippen molar-refractivity contribution < 1.29 is 13.5 Å². The largest absolute Gasteiger partial charge is 0.392 e. The van der Waals surface area contributed by atoms with Crippen LogP contribution in [0.2, 0.25) is 0 Å². The molecule has 1 unspecified atom stereocenters. The molecule has 2 N–H and O–H groups in total. The molecule has 1 atom stereocenters. The monoisotopic (exact) mass is 233 g/mol. The highest BCUT2D eigenvalue weighted by Gasteiger charge is 2.17. The molecule has 1 aromatic heterocycles. The van der Waals surface area contributed by atoms with Crippen LogP contribution in [0.25, 0.3) is 0 Å². The lowest BCUT2D eigenvalue weighted by Crippen LogP contribution is -2.31. The Balaban J connectivity index is 2.68. The van der Waals surface area contributed by atoms with Crippen molar-refractivity contribution >= 4 is 10.0 Å². The number of nitrogens with zero attached hydrogens (tertiary/aromatic N) is 2. The van der Waals surface area contributed by atoms with Crippen LogP contribution in [0, 0.1) is 0 Å². The molecular weight excluding hydrogens is 218 g/mol. The van der Waals surface area contributed by atoms with E-state index in [1.165, 1.54) is 12.5 Å². The maximum Gasteiger partial charge on any atom is 0.259 e. The summed E-state index contributed by atoms with van der Waals surface area (Å²) in [4.78, 5) is 3.72. The van der Waals surface area contributed by atoms with E-state index in [1.54, 1.807) is 18.5 Å². The van der Waals surface area contributed by atoms with E-state index in [1.807, 2.05) is 0 Å². The third kappa shape index (κ3) is 3.29. The van der Waals surface area contributed by atoms with E-state index in [0.717, 1.165) is 0 Å². The molecule has 0 spiro atoms. The molecule has 0 saturated carbocycles. The third-order valence-electron chi connectivity index (χ3n) is 1.94. The zero-order valence-electron chi connectivity index (χ0n) is 8.71. The molecular formula is C8H15N3O3S. The molecule has 0 aromatic carbocycles. The van der Waals surface area contributed by atoms with E-state index in [2.05, 4.69) is 9.71 Å². The van der Waals surface area contributed by atoms with Crippen LogP contribution in [0.5, 0.6) is 0 Å². The summed E-state index contributed by atoms with van der Waals surface area (Å²) in [7, 11) is -1.90. The van der Waals surface area contributed by atoms with Gasteiger partial charge in [0.15, 0.2) is 5.03 Å². The van der Waals surface area contributed by atoms with E-state index in [9.17, 15) is 13.5 Å². The topological polar surface area (TPSA) is 84.2 Å². The summed E-state index contributed by atoms with van der Waals surface area (Å²) in [5.41, 5.74) is 0. The number of aliphatic hydroxyl groups excluding tert-OH is 1. The van der Waals surface area contributed by atoms with Crippen molar-refractivity contribution in [1.29, 1.82) is 0 Å². The van der Waals surface area contributed by atoms with Gasteiger partial charge in [0.25, 0.3) is 10.0 Å². The number of nitrogens with one attached hydrogen (secondary N) is 1. The molecule has 6 nitrogen and oxygen atoms in total. The fourth-order valence-electron chi connectivity index (χ4n) is 0.952. The lowest BCUT2D eigenvalue weighted by molar-refractivity contribution is 0.174. The predicted octanol–water partition coefficient (Wildman–Crippen LogP) is -0.531. The van der Waals surface area contributed by atoms with Crippen LogP contribution in [-0.4, -0.2) is 35.7 Å². The fourth-order valence-corrected chi connectivity index (χ4v) is 2.00. The van der Waals surface area contributed by atoms with Gasteiger partial charge < -0.3 is 9.67 Å². The number of rotatable bonds is 5. The van der Waals surface area contributed by atoms with Gasteiger partial charge in [-0.15, -0.1) is 0 Å². The first kappa shape index (κ1) is 12.2. The van der Waals surface area contributed by atoms with Crippen molar-refractivity contribution in [3.63, 3.8) is 0 Å². The first-order valence-corrected chi connectivity index (χ1v) is 6.09. The minimum absolute atomic E-state index is 0.00933. The number of hydrogen-bond donors (Lipinski definition) is 2. The minimum Gasteiger partial charge on any atom is -0.392 e. The quantitative estimate of drug-likeness (QED) is 0.716. The molecule has 0 aliphatic rings. The second-order valence-electron chi connectivity index (χ2n) is 3.29. The lowest BCUT2D eigenvalue weighted by Gasteiger charge is -2.08. The van der Waals surface area contributed by atoms with Crippen molar-refractivity contribution in [2.24, 2.45) is 7.05 Å². The highest BCUT2D eigenvalue weighted by Crippen LogP contribution is 2.03. The van der Waals surface area contributed by atoms with Crippen molar-refractivity contribution in [2.75, 3.05) is 6.54 Å². The van der Waals surface area contributed by atoms with Crippen LogP contribution in [0.1, 0.15) is 13.3 Å². The number of imidazole rings is 1. The zero-order chi connectivity index (χ0) is 11.5. The first-order valence-electron chi connectivity index (χ1n) is 4.61. The van der Waals surface area contributed by atoms with Crippen LogP contribution in [0.15, 0.2) is 17.6 Å². The molecule has 0 radical (unpaired) electrons. The van der Waals surface area contributed by atoms with Gasteiger partial charge in [0.1, 0.15) is 0 Å². The maximum atomic E-state index is 11.6. The number of sulfonamides is 1. The zero-order valence-corrected chi connectivity index (χ0v) is 9.53. The van der Waals surface area contributed by atoms with Gasteiger partial charge in [-0.25, -0.2) is 18.1 Å². The van der Waals surface area contributed by atoms with Gasteiger partial charge in [-0.2, -0.15) is 0 Å². The van der Waals surface area contributed by atoms with Crippen LogP contribution in [0.4, 0.5) is 0 Å². The summed E-state index contributed by atoms with van der Waals surface area (Å²) in [6, 6.07) is 0. The Hall–Kier alpha value is -0.920. The Kier molecular flexibility index (Phi) is 3.83. The molecule has 1 rings (SSSR count). The Morgan fingerprint density at radius 2 is 2.33 bits per heavy atom. The molecule has 1 heterocycles. The maximum absolute atomic E-state index is 11.6. The summed E-state index contributed by atoms with van der Waals surface area (Å²) in [6.45, 7) is 1.79. The molecule has 15 heavy (non-hydrogen) atoms. The Bertz CT molecular complexity index is 413. The average Bonchev–Trinajstić information content (AvgIpc) is 2.62. The van der Waals surface area contributed by atoms with Gasteiger partial charge in [-0.05, 0) is 6.42 Å². The second-order valence-corrected chi connectivity index (χ2v) is 5.01. The summed E-state index contributed by atoms with van der Waals surface area (Å²) in [6.07, 6.45) is 2.65.